The minimum absolute atomic E-state index is 0.987. The van der Waals surface area contributed by atoms with E-state index in [0.29, 0.717) is 0 Å². The maximum Gasteiger partial charge on any atom is 0.212 e. The quantitative estimate of drug-likeness (QED) is 0.0730. The van der Waals surface area contributed by atoms with Crippen molar-refractivity contribution in [2.24, 2.45) is 0 Å². The normalized spacial score (nSPS) is 16.6. The van der Waals surface area contributed by atoms with Crippen LogP contribution in [0.1, 0.15) is 107 Å². The molecule has 3 nitrogen and oxygen atoms in total. The zero-order valence-electron chi connectivity index (χ0n) is 35.4. The molecule has 0 N–H and O–H groups in total. The monoisotopic (exact) mass is 774 g/mol. The molecule has 3 heterocycles. The first-order chi connectivity index (χ1) is 29.2. The number of rotatable bonds is 16. The second-order valence-corrected chi connectivity index (χ2v) is 16.1. The van der Waals surface area contributed by atoms with E-state index in [2.05, 4.69) is 199 Å². The molecule has 0 spiro atoms. The van der Waals surface area contributed by atoms with Crippen molar-refractivity contribution < 1.29 is 4.57 Å². The molecule has 0 radical (unpaired) electrons. The molecule has 2 aliphatic heterocycles. The van der Waals surface area contributed by atoms with Crippen molar-refractivity contribution in [2.45, 2.75) is 85.1 Å². The Kier molecular flexibility index (Phi) is 13.0. The van der Waals surface area contributed by atoms with Gasteiger partial charge in [-0.1, -0.05) is 144 Å². The largest absolute Gasteiger partial charge is 0.341 e. The highest BCUT2D eigenvalue weighted by molar-refractivity contribution is 6.06. The van der Waals surface area contributed by atoms with Crippen molar-refractivity contribution in [3.05, 3.63) is 191 Å². The lowest BCUT2D eigenvalue weighted by molar-refractivity contribution is -0.673. The Morgan fingerprint density at radius 2 is 1.08 bits per heavy atom. The number of para-hydroxylation sites is 3. The molecule has 59 heavy (non-hydrogen) atoms. The van der Waals surface area contributed by atoms with Gasteiger partial charge in [-0.25, -0.2) is 0 Å². The number of benzene rings is 4. The summed E-state index contributed by atoms with van der Waals surface area (Å²) in [5.74, 6) is 0. The Balaban J connectivity index is 1.30. The average Bonchev–Trinajstić information content (AvgIpc) is 3.57. The predicted molar refractivity (Wildman–Crippen MR) is 255 cm³/mol. The molecule has 1 aliphatic carbocycles. The van der Waals surface area contributed by atoms with Gasteiger partial charge in [0, 0.05) is 65.9 Å². The number of anilines is 2. The summed E-state index contributed by atoms with van der Waals surface area (Å²) < 4.78 is 2.53. The summed E-state index contributed by atoms with van der Waals surface area (Å²) in [5, 5.41) is 1.28. The molecule has 0 amide bonds. The molecule has 5 aromatic rings. The fourth-order valence-electron chi connectivity index (χ4n) is 8.95. The van der Waals surface area contributed by atoms with Crippen LogP contribution in [0.15, 0.2) is 163 Å². The summed E-state index contributed by atoms with van der Waals surface area (Å²) in [6.07, 6.45) is 32.0. The molecular formula is C56H60N3+. The van der Waals surface area contributed by atoms with Crippen molar-refractivity contribution in [2.75, 3.05) is 22.9 Å². The van der Waals surface area contributed by atoms with E-state index in [0.717, 1.165) is 38.9 Å². The van der Waals surface area contributed by atoms with Gasteiger partial charge in [-0.3, -0.25) is 0 Å². The van der Waals surface area contributed by atoms with E-state index in [4.69, 9.17) is 0 Å². The Hall–Kier alpha value is -5.93. The van der Waals surface area contributed by atoms with Crippen LogP contribution >= 0.6 is 0 Å². The van der Waals surface area contributed by atoms with Crippen LogP contribution in [0.5, 0.6) is 0 Å². The summed E-state index contributed by atoms with van der Waals surface area (Å²) >= 11 is 0. The van der Waals surface area contributed by atoms with Gasteiger partial charge < -0.3 is 9.80 Å². The summed E-state index contributed by atoms with van der Waals surface area (Å²) in [6, 6.07) is 40.1. The van der Waals surface area contributed by atoms with Gasteiger partial charge >= 0.3 is 0 Å². The molecule has 0 fully saturated rings. The van der Waals surface area contributed by atoms with Gasteiger partial charge in [0.1, 0.15) is 6.54 Å². The van der Waals surface area contributed by atoms with E-state index in [1.54, 1.807) is 0 Å². The number of aromatic nitrogens is 1. The molecule has 0 atom stereocenters. The maximum atomic E-state index is 2.56. The number of hydrogen-bond acceptors (Lipinski definition) is 2. The van der Waals surface area contributed by atoms with Crippen molar-refractivity contribution >= 4 is 51.7 Å². The summed E-state index contributed by atoms with van der Waals surface area (Å²) in [5.41, 5.74) is 16.5. The number of pyridine rings is 1. The number of allylic oxidation sites excluding steroid dienone is 9. The maximum absolute atomic E-state index is 2.56. The van der Waals surface area contributed by atoms with E-state index in [-0.39, 0.29) is 0 Å². The predicted octanol–water partition coefficient (Wildman–Crippen LogP) is 14.4. The topological polar surface area (TPSA) is 10.4 Å². The van der Waals surface area contributed by atoms with Crippen LogP contribution in [0.2, 0.25) is 0 Å². The van der Waals surface area contributed by atoms with Gasteiger partial charge in [-0.2, -0.15) is 4.57 Å². The van der Waals surface area contributed by atoms with E-state index in [9.17, 15) is 0 Å². The van der Waals surface area contributed by atoms with Gasteiger partial charge in [-0.15, -0.1) is 0 Å². The van der Waals surface area contributed by atoms with Gasteiger partial charge in [0.25, 0.3) is 0 Å². The minimum Gasteiger partial charge on any atom is -0.341 e. The summed E-state index contributed by atoms with van der Waals surface area (Å²) in [7, 11) is 0. The van der Waals surface area contributed by atoms with E-state index >= 15 is 0 Å². The first-order valence-electron chi connectivity index (χ1n) is 22.4. The summed E-state index contributed by atoms with van der Waals surface area (Å²) in [4.78, 5) is 5.08. The van der Waals surface area contributed by atoms with Crippen LogP contribution in [-0.2, 0) is 6.54 Å². The Bertz CT molecular complexity index is 2500. The van der Waals surface area contributed by atoms with Crippen LogP contribution in [0.25, 0.3) is 40.3 Å². The molecule has 1 aromatic heterocycles. The minimum atomic E-state index is 0.987. The molecule has 4 aromatic carbocycles. The SMILES string of the molecule is CCCCCN1/C(=C/C=C2C(/C=C3\C=Cc4ccccc4N3CCCCC)=C(/C=C/c3ccc4ccccc4[n+]3CCCCC)c3ccccc3/2)C=Cc2ccccc21. The summed E-state index contributed by atoms with van der Waals surface area (Å²) in [6.45, 7) is 9.86. The fraction of sp³-hybridized carbons (Fsp3) is 0.268. The zero-order valence-corrected chi connectivity index (χ0v) is 35.4. The second kappa shape index (κ2) is 19.2. The Morgan fingerprint density at radius 3 is 1.80 bits per heavy atom. The van der Waals surface area contributed by atoms with Crippen LogP contribution < -0.4 is 14.4 Å². The molecule has 0 saturated heterocycles. The average molecular weight is 775 g/mol. The van der Waals surface area contributed by atoms with E-state index in [1.807, 2.05) is 0 Å². The lowest BCUT2D eigenvalue weighted by atomic mass is 9.98. The van der Waals surface area contributed by atoms with Crippen molar-refractivity contribution in [1.82, 2.24) is 0 Å². The number of fused-ring (bicyclic) bond motifs is 4. The van der Waals surface area contributed by atoms with Crippen molar-refractivity contribution in [3.8, 4) is 0 Å². The van der Waals surface area contributed by atoms with E-state index < -0.39 is 0 Å². The number of aryl methyl sites for hydroxylation is 1. The first kappa shape index (κ1) is 39.9. The van der Waals surface area contributed by atoms with Crippen LogP contribution in [-0.4, -0.2) is 13.1 Å². The molecular weight excluding hydrogens is 715 g/mol. The molecule has 298 valence electrons. The lowest BCUT2D eigenvalue weighted by Crippen LogP contribution is -2.38. The smallest absolute Gasteiger partial charge is 0.212 e. The van der Waals surface area contributed by atoms with Gasteiger partial charge in [0.15, 0.2) is 0 Å². The Morgan fingerprint density at radius 1 is 0.492 bits per heavy atom. The third-order valence-electron chi connectivity index (χ3n) is 12.1. The standard InChI is InChI=1S/C56H60N3/c1-4-7-18-39-57-46(32-29-43-21-10-15-26-54(43)57)35-37-51-49-24-13-14-25-50(49)52(38-36-47-33-30-44-22-11-16-27-55(44)58(47)40-19-8-5-2)53(51)42-48-34-31-45-23-12-17-28-56(45)59(48)41-20-9-6-3/h10-17,21-38,42H,4-9,18-20,39-41H2,1-3H3/q+1. The highest BCUT2D eigenvalue weighted by Gasteiger charge is 2.27. The Labute approximate surface area is 353 Å². The molecule has 3 aliphatic rings. The molecule has 0 bridgehead atoms. The van der Waals surface area contributed by atoms with Crippen LogP contribution in [0.3, 0.4) is 0 Å². The van der Waals surface area contributed by atoms with Gasteiger partial charge in [0.05, 0.1) is 0 Å². The van der Waals surface area contributed by atoms with Gasteiger partial charge in [0.2, 0.25) is 11.2 Å². The highest BCUT2D eigenvalue weighted by atomic mass is 15.1. The molecule has 0 unspecified atom stereocenters. The van der Waals surface area contributed by atoms with Crippen LogP contribution in [0, 0.1) is 0 Å². The third kappa shape index (κ3) is 8.76. The first-order valence-corrected chi connectivity index (χ1v) is 22.4. The number of unbranched alkanes of at least 4 members (excludes halogenated alkanes) is 6. The van der Waals surface area contributed by atoms with Crippen LogP contribution in [0.4, 0.5) is 11.4 Å². The third-order valence-corrected chi connectivity index (χ3v) is 12.1. The highest BCUT2D eigenvalue weighted by Crippen LogP contribution is 2.45. The number of nitrogens with zero attached hydrogens (tertiary/aromatic N) is 3. The zero-order chi connectivity index (χ0) is 40.4. The molecule has 0 saturated carbocycles. The van der Waals surface area contributed by atoms with Crippen molar-refractivity contribution in [1.29, 1.82) is 0 Å². The fourth-order valence-corrected chi connectivity index (χ4v) is 8.95. The lowest BCUT2D eigenvalue weighted by Gasteiger charge is -2.31. The molecule has 3 heteroatoms. The second-order valence-electron chi connectivity index (χ2n) is 16.1. The van der Waals surface area contributed by atoms with Crippen molar-refractivity contribution in [3.63, 3.8) is 0 Å². The van der Waals surface area contributed by atoms with Gasteiger partial charge in [-0.05, 0) is 113 Å². The molecule has 8 rings (SSSR count). The van der Waals surface area contributed by atoms with E-state index in [1.165, 1.54) is 117 Å². The number of hydrogen-bond donors (Lipinski definition) is 0.